The van der Waals surface area contributed by atoms with Gasteiger partial charge in [0.2, 0.25) is 0 Å². The van der Waals surface area contributed by atoms with E-state index in [1.807, 2.05) is 13.2 Å². The molecule has 2 saturated carbocycles. The van der Waals surface area contributed by atoms with E-state index in [0.717, 1.165) is 17.9 Å². The Morgan fingerprint density at radius 2 is 2.08 bits per heavy atom. The Balaban J connectivity index is 1.52. The number of benzene rings is 1. The fourth-order valence-corrected chi connectivity index (χ4v) is 7.04. The number of fused-ring (bicyclic) bond motifs is 6. The van der Waals surface area contributed by atoms with Gasteiger partial charge in [0.1, 0.15) is 0 Å². The SMILES string of the molecule is CO[C@H]1CC[C@H]2[C@@H]3CCc4cc5c(cc4[C@H]3CC[C@]12C)C=NS(=O)(=O)O5. The lowest BCUT2D eigenvalue weighted by atomic mass is 9.55. The number of rotatable bonds is 1. The first-order chi connectivity index (χ1) is 12.4. The Morgan fingerprint density at radius 1 is 1.23 bits per heavy atom. The molecule has 26 heavy (non-hydrogen) atoms. The topological polar surface area (TPSA) is 65.0 Å². The first-order valence-electron chi connectivity index (χ1n) is 9.61. The quantitative estimate of drug-likeness (QED) is 0.752. The van der Waals surface area contributed by atoms with E-state index in [9.17, 15) is 8.42 Å². The Labute approximate surface area is 155 Å². The highest BCUT2D eigenvalue weighted by Crippen LogP contribution is 2.61. The number of ether oxygens (including phenoxy) is 1. The van der Waals surface area contributed by atoms with Crippen LogP contribution in [0.1, 0.15) is 61.6 Å². The number of nitrogens with zero attached hydrogens (tertiary/aromatic N) is 1. The van der Waals surface area contributed by atoms with E-state index >= 15 is 0 Å². The van der Waals surface area contributed by atoms with Gasteiger partial charge in [-0.2, -0.15) is 8.42 Å². The maximum atomic E-state index is 11.6. The Bertz CT molecular complexity index is 893. The Hall–Kier alpha value is -1.40. The maximum Gasteiger partial charge on any atom is 0.428 e. The number of hydrogen-bond acceptors (Lipinski definition) is 4. The molecule has 0 aromatic heterocycles. The van der Waals surface area contributed by atoms with Gasteiger partial charge in [-0.3, -0.25) is 0 Å². The van der Waals surface area contributed by atoms with Crippen molar-refractivity contribution in [2.24, 2.45) is 21.6 Å². The molecule has 1 heterocycles. The predicted molar refractivity (Wildman–Crippen MR) is 99.0 cm³/mol. The molecule has 5 nitrogen and oxygen atoms in total. The highest BCUT2D eigenvalue weighted by atomic mass is 32.2. The summed E-state index contributed by atoms with van der Waals surface area (Å²) in [6.07, 6.45) is 8.82. The number of aryl methyl sites for hydroxylation is 1. The molecule has 1 aromatic carbocycles. The standard InChI is InChI=1S/C20H25NO4S/c1-20-8-7-14-15(17(20)5-6-19(20)24-2)4-3-12-10-18-13(9-16(12)14)11-21-26(22,23)25-18/h9-11,14-15,17,19H,3-8H2,1-2H3/t14-,15+,17-,19-,20-/m0/s1. The van der Waals surface area contributed by atoms with Crippen LogP contribution in [-0.4, -0.2) is 27.8 Å². The van der Waals surface area contributed by atoms with Gasteiger partial charge in [-0.25, -0.2) is 0 Å². The monoisotopic (exact) mass is 375 g/mol. The highest BCUT2D eigenvalue weighted by Gasteiger charge is 2.55. The van der Waals surface area contributed by atoms with Crippen molar-refractivity contribution < 1.29 is 17.3 Å². The Morgan fingerprint density at radius 3 is 2.88 bits per heavy atom. The summed E-state index contributed by atoms with van der Waals surface area (Å²) in [5.41, 5.74) is 3.73. The molecule has 140 valence electrons. The minimum absolute atomic E-state index is 0.306. The number of methoxy groups -OCH3 is 1. The van der Waals surface area contributed by atoms with Crippen molar-refractivity contribution in [2.45, 2.75) is 57.5 Å². The fraction of sp³-hybridized carbons (Fsp3) is 0.650. The van der Waals surface area contributed by atoms with Gasteiger partial charge >= 0.3 is 10.3 Å². The predicted octanol–water partition coefficient (Wildman–Crippen LogP) is 3.61. The molecule has 3 aliphatic carbocycles. The summed E-state index contributed by atoms with van der Waals surface area (Å²) in [7, 11) is -1.96. The third kappa shape index (κ3) is 2.31. The van der Waals surface area contributed by atoms with Crippen molar-refractivity contribution in [3.05, 3.63) is 28.8 Å². The van der Waals surface area contributed by atoms with E-state index in [1.54, 1.807) is 0 Å². The van der Waals surface area contributed by atoms with Crippen molar-refractivity contribution in [3.8, 4) is 5.75 Å². The third-order valence-corrected chi connectivity index (χ3v) is 8.32. The van der Waals surface area contributed by atoms with Crippen molar-refractivity contribution in [1.29, 1.82) is 0 Å². The molecule has 0 amide bonds. The molecule has 5 rings (SSSR count). The van der Waals surface area contributed by atoms with Crippen molar-refractivity contribution in [1.82, 2.24) is 0 Å². The second kappa shape index (κ2) is 5.55. The molecule has 2 fully saturated rings. The molecule has 1 aliphatic heterocycles. The van der Waals surface area contributed by atoms with Crippen LogP contribution < -0.4 is 4.18 Å². The summed E-state index contributed by atoms with van der Waals surface area (Å²) < 4.78 is 37.7. The highest BCUT2D eigenvalue weighted by molar-refractivity contribution is 7.86. The van der Waals surface area contributed by atoms with Gasteiger partial charge in [0.05, 0.1) is 12.3 Å². The third-order valence-electron chi connectivity index (χ3n) is 7.57. The van der Waals surface area contributed by atoms with Crippen LogP contribution in [0.25, 0.3) is 0 Å². The van der Waals surface area contributed by atoms with Crippen LogP contribution in [0.4, 0.5) is 0 Å². The van der Waals surface area contributed by atoms with Gasteiger partial charge < -0.3 is 8.92 Å². The van der Waals surface area contributed by atoms with Gasteiger partial charge in [-0.15, -0.1) is 4.40 Å². The summed E-state index contributed by atoms with van der Waals surface area (Å²) in [5, 5.41) is 0. The van der Waals surface area contributed by atoms with Crippen molar-refractivity contribution in [3.63, 3.8) is 0 Å². The first-order valence-corrected chi connectivity index (χ1v) is 11.0. The molecule has 0 saturated heterocycles. The van der Waals surface area contributed by atoms with Crippen LogP contribution in [0.2, 0.25) is 0 Å². The van der Waals surface area contributed by atoms with Crippen LogP contribution in [-0.2, 0) is 21.5 Å². The van der Waals surface area contributed by atoms with Gasteiger partial charge in [0.25, 0.3) is 0 Å². The van der Waals surface area contributed by atoms with Crippen LogP contribution in [0, 0.1) is 17.3 Å². The van der Waals surface area contributed by atoms with Gasteiger partial charge in [0, 0.05) is 12.7 Å². The van der Waals surface area contributed by atoms with E-state index in [0.29, 0.717) is 29.1 Å². The lowest BCUT2D eigenvalue weighted by Gasteiger charge is -2.50. The van der Waals surface area contributed by atoms with Gasteiger partial charge in [0.15, 0.2) is 5.75 Å². The fourth-order valence-electron chi connectivity index (χ4n) is 6.38. The van der Waals surface area contributed by atoms with Crippen LogP contribution >= 0.6 is 0 Å². The van der Waals surface area contributed by atoms with Crippen LogP contribution in [0.5, 0.6) is 5.75 Å². The van der Waals surface area contributed by atoms with Gasteiger partial charge in [-0.05, 0) is 85.0 Å². The molecular weight excluding hydrogens is 350 g/mol. The number of hydrogen-bond donors (Lipinski definition) is 0. The average Bonchev–Trinajstić information content (AvgIpc) is 2.95. The molecule has 5 atom stereocenters. The molecular formula is C20H25NO4S. The second-order valence-corrected chi connectivity index (χ2v) is 9.83. The van der Waals surface area contributed by atoms with E-state index in [-0.39, 0.29) is 0 Å². The zero-order valence-corrected chi connectivity index (χ0v) is 16.1. The first kappa shape index (κ1) is 16.8. The summed E-state index contributed by atoms with van der Waals surface area (Å²) >= 11 is 0. The summed E-state index contributed by atoms with van der Waals surface area (Å²) in [6.45, 7) is 2.43. The lowest BCUT2D eigenvalue weighted by molar-refractivity contribution is -0.0444. The Kier molecular flexibility index (Phi) is 3.58. The molecule has 1 aromatic rings. The van der Waals surface area contributed by atoms with Crippen molar-refractivity contribution in [2.75, 3.05) is 7.11 Å². The second-order valence-electron chi connectivity index (χ2n) is 8.60. The molecule has 0 N–H and O–H groups in total. The van der Waals surface area contributed by atoms with Crippen molar-refractivity contribution >= 4 is 16.5 Å². The van der Waals surface area contributed by atoms with E-state index < -0.39 is 10.3 Å². The van der Waals surface area contributed by atoms with E-state index in [2.05, 4.69) is 17.4 Å². The molecule has 4 aliphatic rings. The average molecular weight is 375 g/mol. The molecule has 0 radical (unpaired) electrons. The van der Waals surface area contributed by atoms with Crippen LogP contribution in [0.15, 0.2) is 16.5 Å². The van der Waals surface area contributed by atoms with E-state index in [1.165, 1.54) is 49.4 Å². The largest absolute Gasteiger partial charge is 0.428 e. The summed E-state index contributed by atoms with van der Waals surface area (Å²) in [5.74, 6) is 2.41. The normalized spacial score (nSPS) is 39.3. The van der Waals surface area contributed by atoms with E-state index in [4.69, 9.17) is 8.92 Å². The lowest BCUT2D eigenvalue weighted by Crippen LogP contribution is -2.44. The minimum atomic E-state index is -3.82. The summed E-state index contributed by atoms with van der Waals surface area (Å²) in [6, 6.07) is 4.06. The molecule has 0 bridgehead atoms. The zero-order chi connectivity index (χ0) is 18.1. The van der Waals surface area contributed by atoms with Crippen LogP contribution in [0.3, 0.4) is 0 Å². The minimum Gasteiger partial charge on any atom is -0.381 e. The van der Waals surface area contributed by atoms with Gasteiger partial charge in [-0.1, -0.05) is 6.92 Å². The summed E-state index contributed by atoms with van der Waals surface area (Å²) in [4.78, 5) is 0. The molecule has 0 spiro atoms. The molecule has 0 unspecified atom stereocenters. The molecule has 6 heteroatoms. The smallest absolute Gasteiger partial charge is 0.381 e. The zero-order valence-electron chi connectivity index (χ0n) is 15.3. The maximum absolute atomic E-state index is 11.6.